The van der Waals surface area contributed by atoms with Crippen molar-refractivity contribution in [3.05, 3.63) is 52.1 Å². The number of aryl methyl sites for hydroxylation is 1. The third-order valence-corrected chi connectivity index (χ3v) is 6.63. The third-order valence-electron chi connectivity index (χ3n) is 4.49. The molecular formula is C18H17N3O5S2. The van der Waals surface area contributed by atoms with Gasteiger partial charge in [0.15, 0.2) is 6.10 Å². The largest absolute Gasteiger partial charge is 0.476 e. The number of thiazole rings is 1. The van der Waals surface area contributed by atoms with Crippen LogP contribution in [0.25, 0.3) is 10.2 Å². The topological polar surface area (TPSA) is 97.7 Å². The van der Waals surface area contributed by atoms with Crippen LogP contribution < -0.4 is 19.2 Å². The molecule has 1 N–H and O–H groups in total. The van der Waals surface area contributed by atoms with E-state index in [0.717, 1.165) is 27.8 Å². The highest BCUT2D eigenvalue weighted by Gasteiger charge is 2.34. The van der Waals surface area contributed by atoms with E-state index in [1.165, 1.54) is 8.87 Å². The normalized spacial score (nSPS) is 16.5. The Morgan fingerprint density at radius 3 is 2.75 bits per heavy atom. The Balaban J connectivity index is 1.61. The fraction of sp³-hybridized carbons (Fsp3) is 0.222. The SMILES string of the molecule is Cn1c(=O)sc2cc(NC(=O)[C@@H]3CN(S(C)(=O)=O)c4ccccc4O3)ccc21. The van der Waals surface area contributed by atoms with Gasteiger partial charge in [0.1, 0.15) is 5.75 Å². The average molecular weight is 419 g/mol. The quantitative estimate of drug-likeness (QED) is 0.698. The predicted octanol–water partition coefficient (Wildman–Crippen LogP) is 1.77. The first-order valence-electron chi connectivity index (χ1n) is 8.38. The summed E-state index contributed by atoms with van der Waals surface area (Å²) in [4.78, 5) is 24.4. The molecule has 1 atom stereocenters. The number of ether oxygens (including phenoxy) is 1. The maximum atomic E-state index is 12.7. The zero-order chi connectivity index (χ0) is 20.1. The molecule has 1 aromatic heterocycles. The second-order valence-corrected chi connectivity index (χ2v) is 9.37. The molecule has 0 saturated heterocycles. The maximum absolute atomic E-state index is 12.7. The summed E-state index contributed by atoms with van der Waals surface area (Å²) >= 11 is 1.09. The summed E-state index contributed by atoms with van der Waals surface area (Å²) in [7, 11) is -1.88. The molecule has 0 radical (unpaired) electrons. The van der Waals surface area contributed by atoms with Gasteiger partial charge < -0.3 is 14.6 Å². The van der Waals surface area contributed by atoms with Gasteiger partial charge in [-0.05, 0) is 30.3 Å². The number of nitrogens with one attached hydrogen (secondary N) is 1. The maximum Gasteiger partial charge on any atom is 0.307 e. The van der Waals surface area contributed by atoms with Gasteiger partial charge in [-0.3, -0.25) is 13.9 Å². The minimum atomic E-state index is -3.57. The van der Waals surface area contributed by atoms with Crippen molar-refractivity contribution in [3.8, 4) is 5.75 Å². The van der Waals surface area contributed by atoms with Gasteiger partial charge in [0.25, 0.3) is 5.91 Å². The number of sulfonamides is 1. The highest BCUT2D eigenvalue weighted by molar-refractivity contribution is 7.92. The van der Waals surface area contributed by atoms with Crippen LogP contribution >= 0.6 is 11.3 Å². The third kappa shape index (κ3) is 3.25. The van der Waals surface area contributed by atoms with E-state index in [2.05, 4.69) is 5.32 Å². The van der Waals surface area contributed by atoms with E-state index in [9.17, 15) is 18.0 Å². The lowest BCUT2D eigenvalue weighted by Crippen LogP contribution is -2.48. The van der Waals surface area contributed by atoms with Crippen LogP contribution in [0.1, 0.15) is 0 Å². The Morgan fingerprint density at radius 2 is 2.00 bits per heavy atom. The zero-order valence-electron chi connectivity index (χ0n) is 15.1. The van der Waals surface area contributed by atoms with E-state index in [-0.39, 0.29) is 11.4 Å². The number of fused-ring (bicyclic) bond motifs is 2. The van der Waals surface area contributed by atoms with Crippen LogP contribution in [-0.2, 0) is 21.9 Å². The van der Waals surface area contributed by atoms with Crippen LogP contribution in [-0.4, -0.2) is 37.8 Å². The molecule has 0 unspecified atom stereocenters. The number of amides is 1. The summed E-state index contributed by atoms with van der Waals surface area (Å²) in [5.41, 5.74) is 1.69. The second-order valence-electron chi connectivity index (χ2n) is 6.47. The van der Waals surface area contributed by atoms with Gasteiger partial charge in [-0.15, -0.1) is 0 Å². The number of carbonyl (C=O) groups excluding carboxylic acids is 1. The summed E-state index contributed by atoms with van der Waals surface area (Å²) in [6, 6.07) is 11.8. The van der Waals surface area contributed by atoms with Crippen molar-refractivity contribution in [3.63, 3.8) is 0 Å². The summed E-state index contributed by atoms with van der Waals surface area (Å²) in [5.74, 6) is -0.137. The molecular weight excluding hydrogens is 402 g/mol. The Morgan fingerprint density at radius 1 is 1.25 bits per heavy atom. The van der Waals surface area contributed by atoms with Crippen molar-refractivity contribution in [1.82, 2.24) is 4.57 Å². The summed E-state index contributed by atoms with van der Waals surface area (Å²) in [5, 5.41) is 2.75. The number of benzene rings is 2. The number of para-hydroxylation sites is 2. The molecule has 0 aliphatic carbocycles. The molecule has 0 spiro atoms. The lowest BCUT2D eigenvalue weighted by molar-refractivity contribution is -0.122. The zero-order valence-corrected chi connectivity index (χ0v) is 16.7. The van der Waals surface area contributed by atoms with E-state index in [1.54, 1.807) is 49.5 Å². The van der Waals surface area contributed by atoms with Crippen molar-refractivity contribution in [1.29, 1.82) is 0 Å². The molecule has 3 aromatic rings. The minimum absolute atomic E-state index is 0.0884. The number of hydrogen-bond donors (Lipinski definition) is 1. The van der Waals surface area contributed by atoms with Gasteiger partial charge in [0.05, 0.1) is 28.7 Å². The number of aromatic nitrogens is 1. The first-order chi connectivity index (χ1) is 13.2. The van der Waals surface area contributed by atoms with Crippen LogP contribution in [0.4, 0.5) is 11.4 Å². The summed E-state index contributed by atoms with van der Waals surface area (Å²) in [6.45, 7) is -0.122. The number of carbonyl (C=O) groups is 1. The fourth-order valence-corrected chi connectivity index (χ4v) is 4.92. The minimum Gasteiger partial charge on any atom is -0.476 e. The second kappa shape index (κ2) is 6.64. The number of hydrogen-bond acceptors (Lipinski definition) is 6. The van der Waals surface area contributed by atoms with Crippen molar-refractivity contribution in [2.24, 2.45) is 7.05 Å². The van der Waals surface area contributed by atoms with E-state index in [1.807, 2.05) is 0 Å². The molecule has 2 aromatic carbocycles. The molecule has 0 saturated carbocycles. The van der Waals surface area contributed by atoms with E-state index in [4.69, 9.17) is 4.74 Å². The molecule has 2 heterocycles. The van der Waals surface area contributed by atoms with E-state index in [0.29, 0.717) is 17.1 Å². The molecule has 1 amide bonds. The first-order valence-corrected chi connectivity index (χ1v) is 11.0. The van der Waals surface area contributed by atoms with Gasteiger partial charge in [-0.2, -0.15) is 0 Å². The molecule has 8 nitrogen and oxygen atoms in total. The van der Waals surface area contributed by atoms with Gasteiger partial charge >= 0.3 is 4.87 Å². The highest BCUT2D eigenvalue weighted by atomic mass is 32.2. The monoisotopic (exact) mass is 419 g/mol. The van der Waals surface area contributed by atoms with Crippen molar-refractivity contribution in [2.45, 2.75) is 6.10 Å². The van der Waals surface area contributed by atoms with Gasteiger partial charge in [0.2, 0.25) is 10.0 Å². The van der Waals surface area contributed by atoms with Gasteiger partial charge in [-0.1, -0.05) is 23.5 Å². The lowest BCUT2D eigenvalue weighted by atomic mass is 10.2. The van der Waals surface area contributed by atoms with Gasteiger partial charge in [0, 0.05) is 12.7 Å². The Hall–Kier alpha value is -2.85. The Kier molecular flexibility index (Phi) is 4.39. The Bertz CT molecular complexity index is 1250. The molecule has 146 valence electrons. The van der Waals surface area contributed by atoms with Crippen LogP contribution in [0.5, 0.6) is 5.75 Å². The molecule has 10 heteroatoms. The van der Waals surface area contributed by atoms with E-state index < -0.39 is 22.0 Å². The van der Waals surface area contributed by atoms with E-state index >= 15 is 0 Å². The Labute approximate surface area is 165 Å². The number of nitrogens with zero attached hydrogens (tertiary/aromatic N) is 2. The van der Waals surface area contributed by atoms with Crippen LogP contribution in [0.15, 0.2) is 47.3 Å². The standard InChI is InChI=1S/C18H17N3O5S2/c1-20-13-8-7-11(9-16(13)27-18(20)23)19-17(22)15-10-21(28(2,24)25)12-5-3-4-6-14(12)26-15/h3-9,15H,10H2,1-2H3,(H,19,22)/t15-/m0/s1. The fourth-order valence-electron chi connectivity index (χ4n) is 3.09. The predicted molar refractivity (Wildman–Crippen MR) is 109 cm³/mol. The van der Waals surface area contributed by atoms with Crippen LogP contribution in [0, 0.1) is 0 Å². The van der Waals surface area contributed by atoms with Crippen molar-refractivity contribution in [2.75, 3.05) is 22.4 Å². The van der Waals surface area contributed by atoms with Gasteiger partial charge in [-0.25, -0.2) is 8.42 Å². The number of rotatable bonds is 3. The average Bonchev–Trinajstić information content (AvgIpc) is 2.93. The van der Waals surface area contributed by atoms with Crippen molar-refractivity contribution < 1.29 is 17.9 Å². The highest BCUT2D eigenvalue weighted by Crippen LogP contribution is 2.34. The first kappa shape index (κ1) is 18.5. The summed E-state index contributed by atoms with van der Waals surface area (Å²) < 4.78 is 33.5. The molecule has 0 bridgehead atoms. The van der Waals surface area contributed by atoms with Crippen molar-refractivity contribution >= 4 is 48.9 Å². The van der Waals surface area contributed by atoms with Crippen LogP contribution in [0.2, 0.25) is 0 Å². The smallest absolute Gasteiger partial charge is 0.307 e. The molecule has 0 fully saturated rings. The molecule has 1 aliphatic heterocycles. The number of anilines is 2. The van der Waals surface area contributed by atoms with Crippen LogP contribution in [0.3, 0.4) is 0 Å². The molecule has 1 aliphatic rings. The molecule has 28 heavy (non-hydrogen) atoms. The molecule has 4 rings (SSSR count). The lowest BCUT2D eigenvalue weighted by Gasteiger charge is -2.33. The summed E-state index contributed by atoms with van der Waals surface area (Å²) in [6.07, 6.45) is 0.0878.